The second kappa shape index (κ2) is 6.73. The van der Waals surface area contributed by atoms with Gasteiger partial charge in [0, 0.05) is 4.47 Å². The van der Waals surface area contributed by atoms with Crippen LogP contribution in [-0.2, 0) is 14.8 Å². The quantitative estimate of drug-likeness (QED) is 0.703. The number of halogens is 4. The number of hydrogen-bond acceptors (Lipinski definition) is 4. The number of nitrogens with one attached hydrogen (secondary N) is 2. The van der Waals surface area contributed by atoms with Crippen molar-refractivity contribution < 1.29 is 26.4 Å². The number of anilines is 1. The molecule has 0 aliphatic rings. The van der Waals surface area contributed by atoms with E-state index in [0.29, 0.717) is 0 Å². The molecule has 0 unspecified atom stereocenters. The molecule has 1 aromatic rings. The lowest BCUT2D eigenvalue weighted by molar-refractivity contribution is -0.126. The van der Waals surface area contributed by atoms with E-state index in [0.717, 1.165) is 0 Å². The van der Waals surface area contributed by atoms with Crippen molar-refractivity contribution >= 4 is 37.5 Å². The van der Waals surface area contributed by atoms with Crippen molar-refractivity contribution in [3.05, 3.63) is 22.7 Å². The van der Waals surface area contributed by atoms with Crippen LogP contribution in [-0.4, -0.2) is 33.6 Å². The molecule has 0 saturated heterocycles. The number of rotatable bonds is 5. The molecular formula is C10H11BrF3N3O3S. The summed E-state index contributed by atoms with van der Waals surface area (Å²) in [5.74, 6) is -0.705. The highest BCUT2D eigenvalue weighted by Gasteiger charge is 2.26. The largest absolute Gasteiger partial charge is 0.401 e. The molecule has 0 aromatic heterocycles. The molecule has 0 fully saturated rings. The second-order valence-corrected chi connectivity index (χ2v) is 6.37. The summed E-state index contributed by atoms with van der Waals surface area (Å²) in [7, 11) is -3.88. The first kappa shape index (κ1) is 17.9. The van der Waals surface area contributed by atoms with Crippen LogP contribution in [0.15, 0.2) is 27.6 Å². The molecule has 118 valence electrons. The number of nitrogens with two attached hydrogens (primary N) is 1. The van der Waals surface area contributed by atoms with Crippen molar-refractivity contribution in [1.29, 1.82) is 0 Å². The Bertz CT molecular complexity index is 634. The predicted octanol–water partition coefficient (Wildman–Crippen LogP) is 1.19. The third kappa shape index (κ3) is 6.42. The van der Waals surface area contributed by atoms with Crippen LogP contribution < -0.4 is 15.8 Å². The average molecular weight is 390 g/mol. The first-order chi connectivity index (χ1) is 9.49. The summed E-state index contributed by atoms with van der Waals surface area (Å²) in [6.07, 6.45) is -4.40. The molecule has 0 aliphatic carbocycles. The van der Waals surface area contributed by atoms with Gasteiger partial charge in [-0.1, -0.05) is 0 Å². The van der Waals surface area contributed by atoms with E-state index in [-0.39, 0.29) is 15.1 Å². The molecule has 1 aromatic carbocycles. The Morgan fingerprint density at radius 3 is 2.43 bits per heavy atom. The van der Waals surface area contributed by atoms with Crippen molar-refractivity contribution in [2.75, 3.05) is 18.4 Å². The molecule has 0 saturated carbocycles. The van der Waals surface area contributed by atoms with Crippen LogP contribution in [0.4, 0.5) is 18.9 Å². The zero-order valence-corrected chi connectivity index (χ0v) is 12.8. The van der Waals surface area contributed by atoms with Crippen molar-refractivity contribution in [2.24, 2.45) is 5.14 Å². The van der Waals surface area contributed by atoms with Gasteiger partial charge in [0.25, 0.3) is 0 Å². The first-order valence-corrected chi connectivity index (χ1v) is 7.72. The van der Waals surface area contributed by atoms with Gasteiger partial charge in [-0.25, -0.2) is 13.6 Å². The molecule has 1 amide bonds. The lowest BCUT2D eigenvalue weighted by atomic mass is 10.3. The van der Waals surface area contributed by atoms with Crippen LogP contribution in [0.3, 0.4) is 0 Å². The van der Waals surface area contributed by atoms with Gasteiger partial charge in [0.05, 0.1) is 23.7 Å². The summed E-state index contributed by atoms with van der Waals surface area (Å²) in [5, 5.41) is 9.19. The van der Waals surface area contributed by atoms with E-state index in [9.17, 15) is 26.4 Å². The SMILES string of the molecule is NS(=O)(=O)c1ccc(NC(=O)CNCC(F)(F)F)c(Br)c1. The molecule has 21 heavy (non-hydrogen) atoms. The molecule has 0 spiro atoms. The lowest BCUT2D eigenvalue weighted by Crippen LogP contribution is -2.35. The fourth-order valence-electron chi connectivity index (χ4n) is 1.29. The van der Waals surface area contributed by atoms with E-state index in [1.54, 1.807) is 0 Å². The van der Waals surface area contributed by atoms with Crippen molar-refractivity contribution in [2.45, 2.75) is 11.1 Å². The maximum absolute atomic E-state index is 11.9. The molecule has 4 N–H and O–H groups in total. The van der Waals surface area contributed by atoms with Crippen LogP contribution >= 0.6 is 15.9 Å². The Labute approximate surface area is 127 Å². The smallest absolute Gasteiger partial charge is 0.324 e. The Kier molecular flexibility index (Phi) is 5.73. The molecule has 0 atom stereocenters. The Morgan fingerprint density at radius 1 is 1.33 bits per heavy atom. The first-order valence-electron chi connectivity index (χ1n) is 5.39. The molecule has 0 aliphatic heterocycles. The molecule has 0 radical (unpaired) electrons. The summed E-state index contributed by atoms with van der Waals surface area (Å²) in [5.41, 5.74) is 0.209. The van der Waals surface area contributed by atoms with Crippen LogP contribution in [0.5, 0.6) is 0 Å². The van der Waals surface area contributed by atoms with Gasteiger partial charge in [0.15, 0.2) is 0 Å². The monoisotopic (exact) mass is 389 g/mol. The van der Waals surface area contributed by atoms with Gasteiger partial charge in [-0.2, -0.15) is 13.2 Å². The number of carbonyl (C=O) groups is 1. The fraction of sp³-hybridized carbons (Fsp3) is 0.300. The third-order valence-corrected chi connectivity index (χ3v) is 3.72. The van der Waals surface area contributed by atoms with Crippen molar-refractivity contribution in [3.8, 4) is 0 Å². The van der Waals surface area contributed by atoms with Crippen LogP contribution in [0.25, 0.3) is 0 Å². The maximum Gasteiger partial charge on any atom is 0.401 e. The zero-order valence-electron chi connectivity index (χ0n) is 10.4. The number of hydrogen-bond donors (Lipinski definition) is 3. The van der Waals surface area contributed by atoms with Crippen molar-refractivity contribution in [1.82, 2.24) is 5.32 Å². The van der Waals surface area contributed by atoms with Gasteiger partial charge in [0.2, 0.25) is 15.9 Å². The van der Waals surface area contributed by atoms with E-state index in [2.05, 4.69) is 21.2 Å². The predicted molar refractivity (Wildman–Crippen MR) is 73.1 cm³/mol. The van der Waals surface area contributed by atoms with Gasteiger partial charge in [-0.05, 0) is 34.1 Å². The highest BCUT2D eigenvalue weighted by molar-refractivity contribution is 9.10. The summed E-state index contributed by atoms with van der Waals surface area (Å²) in [4.78, 5) is 11.3. The van der Waals surface area contributed by atoms with Crippen LogP contribution in [0, 0.1) is 0 Å². The van der Waals surface area contributed by atoms with Gasteiger partial charge in [0.1, 0.15) is 0 Å². The topological polar surface area (TPSA) is 101 Å². The summed E-state index contributed by atoms with van der Waals surface area (Å²) in [6.45, 7) is -1.82. The van der Waals surface area contributed by atoms with Gasteiger partial charge >= 0.3 is 6.18 Å². The summed E-state index contributed by atoms with van der Waals surface area (Å²) in [6, 6.07) is 3.61. The molecule has 0 bridgehead atoms. The van der Waals surface area contributed by atoms with Crippen LogP contribution in [0.1, 0.15) is 0 Å². The highest BCUT2D eigenvalue weighted by Crippen LogP contribution is 2.25. The highest BCUT2D eigenvalue weighted by atomic mass is 79.9. The molecule has 0 heterocycles. The van der Waals surface area contributed by atoms with E-state index in [1.807, 2.05) is 5.32 Å². The minimum atomic E-state index is -4.40. The second-order valence-electron chi connectivity index (χ2n) is 3.95. The minimum Gasteiger partial charge on any atom is -0.324 e. The maximum atomic E-state index is 11.9. The fourth-order valence-corrected chi connectivity index (χ4v) is 2.46. The van der Waals surface area contributed by atoms with Gasteiger partial charge in [-0.15, -0.1) is 0 Å². The zero-order chi connectivity index (χ0) is 16.3. The van der Waals surface area contributed by atoms with E-state index >= 15 is 0 Å². The molecule has 6 nitrogen and oxygen atoms in total. The lowest BCUT2D eigenvalue weighted by Gasteiger charge is -2.10. The molecular weight excluding hydrogens is 379 g/mol. The molecule has 11 heteroatoms. The van der Waals surface area contributed by atoms with E-state index in [1.165, 1.54) is 18.2 Å². The minimum absolute atomic E-state index is 0.164. The van der Waals surface area contributed by atoms with Gasteiger partial charge < -0.3 is 10.6 Å². The third-order valence-electron chi connectivity index (χ3n) is 2.15. The number of alkyl halides is 3. The number of primary sulfonamides is 1. The Balaban J connectivity index is 2.65. The summed E-state index contributed by atoms with van der Waals surface area (Å²) >= 11 is 3.03. The molecule has 1 rings (SSSR count). The number of amides is 1. The Hall–Kier alpha value is -1.17. The number of benzene rings is 1. The van der Waals surface area contributed by atoms with E-state index < -0.39 is 35.2 Å². The van der Waals surface area contributed by atoms with Crippen LogP contribution in [0.2, 0.25) is 0 Å². The summed E-state index contributed by atoms with van der Waals surface area (Å²) < 4.78 is 58.1. The number of carbonyl (C=O) groups excluding carboxylic acids is 1. The Morgan fingerprint density at radius 2 is 1.95 bits per heavy atom. The van der Waals surface area contributed by atoms with Crippen molar-refractivity contribution in [3.63, 3.8) is 0 Å². The van der Waals surface area contributed by atoms with E-state index in [4.69, 9.17) is 5.14 Å². The van der Waals surface area contributed by atoms with Gasteiger partial charge in [-0.3, -0.25) is 4.79 Å². The normalized spacial score (nSPS) is 12.2. The number of sulfonamides is 1. The standard InChI is InChI=1S/C10H11BrF3N3O3S/c11-7-3-6(21(15,19)20)1-2-8(7)17-9(18)4-16-5-10(12,13)14/h1-3,16H,4-5H2,(H,17,18)(H2,15,19,20). The average Bonchev–Trinajstić information content (AvgIpc) is 2.28.